The van der Waals surface area contributed by atoms with E-state index in [9.17, 15) is 4.79 Å². The van der Waals surface area contributed by atoms with Crippen LogP contribution in [0.1, 0.15) is 6.42 Å². The molecule has 1 aromatic heterocycles. The Morgan fingerprint density at radius 1 is 1.42 bits per heavy atom. The normalized spacial score (nSPS) is 19.2. The molecule has 2 aromatic rings. The van der Waals surface area contributed by atoms with Gasteiger partial charge in [0.25, 0.3) is 0 Å². The Kier molecular flexibility index (Phi) is 3.03. The van der Waals surface area contributed by atoms with Crippen molar-refractivity contribution < 1.29 is 4.79 Å². The van der Waals surface area contributed by atoms with Gasteiger partial charge in [0.2, 0.25) is 5.91 Å². The van der Waals surface area contributed by atoms with Gasteiger partial charge in [-0.1, -0.05) is 35.9 Å². The number of likely N-dealkylation sites (N-methyl/N-ethyl adjacent to an activating group) is 1. The molecule has 3 rings (SSSR count). The minimum atomic E-state index is -0.199. The number of rotatable bonds is 2. The number of pyridine rings is 1. The lowest BCUT2D eigenvalue weighted by Gasteiger charge is -2.13. The number of halogens is 1. The Morgan fingerprint density at radius 3 is 2.95 bits per heavy atom. The molecule has 0 bridgehead atoms. The summed E-state index contributed by atoms with van der Waals surface area (Å²) >= 11 is 6.17. The van der Waals surface area contributed by atoms with Gasteiger partial charge in [-0.05, 0) is 17.9 Å². The number of carbonyl (C=O) groups is 1. The molecule has 1 aromatic carbocycles. The van der Waals surface area contributed by atoms with Crippen LogP contribution in [-0.4, -0.2) is 35.4 Å². The Hall–Kier alpha value is -1.81. The molecule has 0 aliphatic carbocycles. The summed E-state index contributed by atoms with van der Waals surface area (Å²) in [7, 11) is 1.81. The number of nitrogens with one attached hydrogen (secondary N) is 1. The number of amides is 1. The maximum absolute atomic E-state index is 11.9. The van der Waals surface area contributed by atoms with Crippen LogP contribution in [0.5, 0.6) is 0 Å². The molecule has 0 spiro atoms. The van der Waals surface area contributed by atoms with Crippen molar-refractivity contribution >= 4 is 34.1 Å². The average molecular weight is 276 g/mol. The fraction of sp³-hybridized carbons (Fsp3) is 0.286. The third-order valence-corrected chi connectivity index (χ3v) is 3.73. The van der Waals surface area contributed by atoms with Gasteiger partial charge in [-0.25, -0.2) is 4.98 Å². The molecule has 2 heterocycles. The highest BCUT2D eigenvalue weighted by molar-refractivity contribution is 6.34. The summed E-state index contributed by atoms with van der Waals surface area (Å²) in [5.74, 6) is 0.753. The molecule has 1 amide bonds. The van der Waals surface area contributed by atoms with Gasteiger partial charge in [-0.3, -0.25) is 4.79 Å². The first-order valence-corrected chi connectivity index (χ1v) is 6.60. The summed E-state index contributed by atoms with van der Waals surface area (Å²) in [6, 6.07) is 9.52. The number of anilines is 1. The first-order chi connectivity index (χ1) is 9.15. The van der Waals surface area contributed by atoms with Gasteiger partial charge in [0.05, 0.1) is 0 Å². The topological polar surface area (TPSA) is 45.2 Å². The molecule has 1 N–H and O–H groups in total. The molecule has 1 saturated heterocycles. The van der Waals surface area contributed by atoms with E-state index in [0.717, 1.165) is 23.7 Å². The lowest BCUT2D eigenvalue weighted by Crippen LogP contribution is -2.31. The van der Waals surface area contributed by atoms with E-state index in [0.29, 0.717) is 11.0 Å². The molecule has 1 aliphatic rings. The van der Waals surface area contributed by atoms with E-state index < -0.39 is 0 Å². The first-order valence-electron chi connectivity index (χ1n) is 6.22. The number of likely N-dealkylation sites (tertiary alicyclic amines) is 1. The fourth-order valence-corrected chi connectivity index (χ4v) is 2.63. The molecule has 1 unspecified atom stereocenters. The number of benzene rings is 1. The Bertz CT molecular complexity index is 644. The molecule has 19 heavy (non-hydrogen) atoms. The van der Waals surface area contributed by atoms with Gasteiger partial charge in [-0.2, -0.15) is 0 Å². The number of aromatic nitrogens is 1. The molecule has 4 nitrogen and oxygen atoms in total. The van der Waals surface area contributed by atoms with Crippen LogP contribution in [0.25, 0.3) is 10.8 Å². The van der Waals surface area contributed by atoms with Crippen molar-refractivity contribution in [3.05, 3.63) is 35.5 Å². The van der Waals surface area contributed by atoms with Crippen molar-refractivity contribution in [3.8, 4) is 0 Å². The van der Waals surface area contributed by atoms with Crippen molar-refractivity contribution in [2.24, 2.45) is 0 Å². The summed E-state index contributed by atoms with van der Waals surface area (Å²) in [5.41, 5.74) is 0. The zero-order valence-corrected chi connectivity index (χ0v) is 11.3. The number of fused-ring (bicyclic) bond motifs is 1. The Balaban J connectivity index is 1.91. The molecular formula is C14H14ClN3O. The van der Waals surface area contributed by atoms with E-state index in [2.05, 4.69) is 10.3 Å². The lowest BCUT2D eigenvalue weighted by atomic mass is 10.1. The molecule has 1 fully saturated rings. The second-order valence-corrected chi connectivity index (χ2v) is 5.12. The van der Waals surface area contributed by atoms with Crippen molar-refractivity contribution in [2.45, 2.75) is 12.5 Å². The van der Waals surface area contributed by atoms with E-state index in [1.54, 1.807) is 4.90 Å². The largest absolute Gasteiger partial charge is 0.358 e. The van der Waals surface area contributed by atoms with Crippen LogP contribution in [0.3, 0.4) is 0 Å². The summed E-state index contributed by atoms with van der Waals surface area (Å²) in [6.07, 6.45) is 0.793. The van der Waals surface area contributed by atoms with E-state index in [-0.39, 0.29) is 11.9 Å². The van der Waals surface area contributed by atoms with Crippen LogP contribution in [0, 0.1) is 0 Å². The zero-order chi connectivity index (χ0) is 13.4. The Morgan fingerprint density at radius 2 is 2.21 bits per heavy atom. The van der Waals surface area contributed by atoms with E-state index in [1.165, 1.54) is 0 Å². The fourth-order valence-electron chi connectivity index (χ4n) is 2.37. The highest BCUT2D eigenvalue weighted by Gasteiger charge is 2.29. The number of carbonyl (C=O) groups excluding carboxylic acids is 1. The van der Waals surface area contributed by atoms with Gasteiger partial charge >= 0.3 is 0 Å². The van der Waals surface area contributed by atoms with Crippen LogP contribution in [0.15, 0.2) is 30.3 Å². The number of hydrogen-bond donors (Lipinski definition) is 1. The molecular weight excluding hydrogens is 262 g/mol. The first kappa shape index (κ1) is 12.2. The number of nitrogens with zero attached hydrogens (tertiary/aromatic N) is 2. The van der Waals surface area contributed by atoms with E-state index >= 15 is 0 Å². The van der Waals surface area contributed by atoms with Crippen molar-refractivity contribution in [2.75, 3.05) is 18.9 Å². The summed E-state index contributed by atoms with van der Waals surface area (Å²) < 4.78 is 0. The molecule has 98 valence electrons. The maximum atomic E-state index is 11.9. The third kappa shape index (κ3) is 2.24. The van der Waals surface area contributed by atoms with Crippen molar-refractivity contribution in [1.29, 1.82) is 0 Å². The molecule has 1 atom stereocenters. The highest BCUT2D eigenvalue weighted by Crippen LogP contribution is 2.25. The zero-order valence-electron chi connectivity index (χ0n) is 10.6. The predicted molar refractivity (Wildman–Crippen MR) is 76.4 cm³/mol. The highest BCUT2D eigenvalue weighted by atomic mass is 35.5. The third-order valence-electron chi connectivity index (χ3n) is 3.44. The van der Waals surface area contributed by atoms with Crippen LogP contribution >= 0.6 is 11.6 Å². The quantitative estimate of drug-likeness (QED) is 0.857. The van der Waals surface area contributed by atoms with Gasteiger partial charge < -0.3 is 10.2 Å². The SMILES string of the molecule is CN1CCC(Nc2cc3ccccc3c(Cl)n2)C1=O. The van der Waals surface area contributed by atoms with E-state index in [1.807, 2.05) is 37.4 Å². The minimum absolute atomic E-state index is 0.103. The second-order valence-electron chi connectivity index (χ2n) is 4.76. The van der Waals surface area contributed by atoms with Gasteiger partial charge in [0, 0.05) is 19.0 Å². The average Bonchev–Trinajstić information content (AvgIpc) is 2.71. The van der Waals surface area contributed by atoms with Crippen molar-refractivity contribution in [3.63, 3.8) is 0 Å². The van der Waals surface area contributed by atoms with E-state index in [4.69, 9.17) is 11.6 Å². The molecule has 0 saturated carbocycles. The lowest BCUT2D eigenvalue weighted by molar-refractivity contribution is -0.127. The molecule has 0 radical (unpaired) electrons. The van der Waals surface area contributed by atoms with Gasteiger partial charge in [0.15, 0.2) is 0 Å². The van der Waals surface area contributed by atoms with Crippen molar-refractivity contribution in [1.82, 2.24) is 9.88 Å². The summed E-state index contributed by atoms with van der Waals surface area (Å²) in [4.78, 5) is 17.9. The summed E-state index contributed by atoms with van der Waals surface area (Å²) in [5, 5.41) is 5.56. The smallest absolute Gasteiger partial charge is 0.244 e. The minimum Gasteiger partial charge on any atom is -0.358 e. The summed E-state index contributed by atoms with van der Waals surface area (Å²) in [6.45, 7) is 0.776. The van der Waals surface area contributed by atoms with Crippen LogP contribution in [0.4, 0.5) is 5.82 Å². The van der Waals surface area contributed by atoms with Crippen LogP contribution in [0.2, 0.25) is 5.15 Å². The van der Waals surface area contributed by atoms with Crippen LogP contribution < -0.4 is 5.32 Å². The van der Waals surface area contributed by atoms with Gasteiger partial charge in [-0.15, -0.1) is 0 Å². The molecule has 5 heteroatoms. The van der Waals surface area contributed by atoms with Gasteiger partial charge in [0.1, 0.15) is 17.0 Å². The maximum Gasteiger partial charge on any atom is 0.244 e. The number of hydrogen-bond acceptors (Lipinski definition) is 3. The molecule has 1 aliphatic heterocycles. The predicted octanol–water partition coefficient (Wildman–Crippen LogP) is 2.53. The Labute approximate surface area is 116 Å². The van der Waals surface area contributed by atoms with Crippen LogP contribution in [-0.2, 0) is 4.79 Å². The monoisotopic (exact) mass is 275 g/mol. The standard InChI is InChI=1S/C14H14ClN3O/c1-18-7-6-11(14(18)19)16-12-8-9-4-2-3-5-10(9)13(15)17-12/h2-5,8,11H,6-7H2,1H3,(H,16,17). The second kappa shape index (κ2) is 4.70.